The fraction of sp³-hybridized carbons (Fsp3) is 0.190. The van der Waals surface area contributed by atoms with Gasteiger partial charge in [-0.25, -0.2) is 8.78 Å². The number of anilines is 2. The van der Waals surface area contributed by atoms with Crippen LogP contribution in [-0.2, 0) is 4.74 Å². The van der Waals surface area contributed by atoms with E-state index < -0.39 is 28.8 Å². The Labute approximate surface area is 196 Å². The van der Waals surface area contributed by atoms with Crippen LogP contribution in [0.1, 0.15) is 20.8 Å². The van der Waals surface area contributed by atoms with Gasteiger partial charge >= 0.3 is 0 Å². The van der Waals surface area contributed by atoms with Gasteiger partial charge in [0.2, 0.25) is 0 Å². The maximum atomic E-state index is 14.0. The highest BCUT2D eigenvalue weighted by Crippen LogP contribution is 2.31. The maximum Gasteiger partial charge on any atom is 0.259 e. The standard InChI is InChI=1S/C17H11ClF2N4O2S.C4H9NO/c18-8-5-23-17(26)12(13(21)7-4-11(16(22)25)27-6-7)14(8)24-15-9(19)2-1-3-10(15)20;1-3-6-4-2-5-1/h1-6,21H,(H2,22,25)(H2,23,24,26);5H,1-4H2. The number of hydrogen-bond donors (Lipinski definition) is 5. The van der Waals surface area contributed by atoms with Gasteiger partial charge in [0.05, 0.1) is 40.1 Å². The molecular formula is C21H20ClF2N5O3S. The number of amides is 1. The Hall–Kier alpha value is -3.12. The molecule has 2 aromatic heterocycles. The first-order valence-electron chi connectivity index (χ1n) is 9.68. The number of halogens is 3. The van der Waals surface area contributed by atoms with Crippen LogP contribution in [0.25, 0.3) is 0 Å². The number of pyridine rings is 1. The summed E-state index contributed by atoms with van der Waals surface area (Å²) in [5, 5.41) is 15.4. The zero-order valence-electron chi connectivity index (χ0n) is 17.1. The predicted octanol–water partition coefficient (Wildman–Crippen LogP) is 3.23. The molecule has 1 fully saturated rings. The lowest BCUT2D eigenvalue weighted by atomic mass is 10.0. The van der Waals surface area contributed by atoms with E-state index >= 15 is 0 Å². The summed E-state index contributed by atoms with van der Waals surface area (Å²) in [6.45, 7) is 3.83. The Morgan fingerprint density at radius 3 is 2.39 bits per heavy atom. The molecule has 4 rings (SSSR count). The highest BCUT2D eigenvalue weighted by Gasteiger charge is 2.21. The number of ether oxygens (including phenoxy) is 1. The Kier molecular flexibility index (Phi) is 8.28. The van der Waals surface area contributed by atoms with Gasteiger partial charge in [0.15, 0.2) is 0 Å². The number of aromatic amines is 1. The molecule has 1 aliphatic rings. The average molecular weight is 496 g/mol. The minimum Gasteiger partial charge on any atom is -0.379 e. The summed E-state index contributed by atoms with van der Waals surface area (Å²) in [5.74, 6) is -2.46. The molecule has 0 atom stereocenters. The van der Waals surface area contributed by atoms with Crippen LogP contribution in [0.2, 0.25) is 5.02 Å². The van der Waals surface area contributed by atoms with E-state index in [0.29, 0.717) is 0 Å². The van der Waals surface area contributed by atoms with Crippen LogP contribution < -0.4 is 21.9 Å². The third kappa shape index (κ3) is 6.02. The van der Waals surface area contributed by atoms with Crippen LogP contribution in [0.4, 0.5) is 20.2 Å². The Morgan fingerprint density at radius 2 is 1.88 bits per heavy atom. The van der Waals surface area contributed by atoms with Gasteiger partial charge in [0.25, 0.3) is 11.5 Å². The second-order valence-corrected chi connectivity index (χ2v) is 8.06. The average Bonchev–Trinajstić information content (AvgIpc) is 3.31. The van der Waals surface area contributed by atoms with Gasteiger partial charge in [-0.1, -0.05) is 17.7 Å². The van der Waals surface area contributed by atoms with E-state index in [1.807, 2.05) is 0 Å². The van der Waals surface area contributed by atoms with Crippen molar-refractivity contribution in [2.75, 3.05) is 31.6 Å². The Morgan fingerprint density at radius 1 is 1.21 bits per heavy atom. The van der Waals surface area contributed by atoms with Crippen molar-refractivity contribution in [2.24, 2.45) is 5.73 Å². The number of nitrogens with one attached hydrogen (secondary N) is 4. The fourth-order valence-electron chi connectivity index (χ4n) is 2.87. The van der Waals surface area contributed by atoms with Crippen molar-refractivity contribution in [2.45, 2.75) is 0 Å². The third-order valence-corrected chi connectivity index (χ3v) is 5.73. The van der Waals surface area contributed by atoms with E-state index in [1.54, 1.807) is 0 Å². The van der Waals surface area contributed by atoms with Crippen molar-refractivity contribution in [3.8, 4) is 0 Å². The number of aromatic nitrogens is 1. The van der Waals surface area contributed by atoms with Crippen LogP contribution in [0.3, 0.4) is 0 Å². The van der Waals surface area contributed by atoms with Crippen molar-refractivity contribution in [1.29, 1.82) is 5.41 Å². The summed E-state index contributed by atoms with van der Waals surface area (Å²) in [7, 11) is 0. The van der Waals surface area contributed by atoms with E-state index in [9.17, 15) is 18.4 Å². The number of H-pyrrole nitrogens is 1. The summed E-state index contributed by atoms with van der Waals surface area (Å²) < 4.78 is 33.0. The number of hydrogen-bond acceptors (Lipinski definition) is 7. The number of carbonyl (C=O) groups excluding carboxylic acids is 1. The topological polar surface area (TPSA) is 133 Å². The normalized spacial score (nSPS) is 13.1. The van der Waals surface area contributed by atoms with Gasteiger partial charge in [-0.15, -0.1) is 11.3 Å². The highest BCUT2D eigenvalue weighted by molar-refractivity contribution is 7.12. The molecule has 0 bridgehead atoms. The van der Waals surface area contributed by atoms with Crippen LogP contribution in [0, 0.1) is 17.0 Å². The number of rotatable bonds is 5. The summed E-state index contributed by atoms with van der Waals surface area (Å²) in [6.07, 6.45) is 1.14. The summed E-state index contributed by atoms with van der Waals surface area (Å²) in [5.41, 5.74) is 3.56. The summed E-state index contributed by atoms with van der Waals surface area (Å²) in [6, 6.07) is 4.61. The third-order valence-electron chi connectivity index (χ3n) is 4.49. The first-order chi connectivity index (χ1) is 15.8. The van der Waals surface area contributed by atoms with E-state index in [2.05, 4.69) is 15.6 Å². The first kappa shape index (κ1) is 24.5. The summed E-state index contributed by atoms with van der Waals surface area (Å²) >= 11 is 7.10. The number of carbonyl (C=O) groups is 1. The molecule has 1 saturated heterocycles. The van der Waals surface area contributed by atoms with Crippen LogP contribution in [0.5, 0.6) is 0 Å². The molecule has 1 aromatic carbocycles. The van der Waals surface area contributed by atoms with Crippen molar-refractivity contribution in [3.63, 3.8) is 0 Å². The van der Waals surface area contributed by atoms with Crippen LogP contribution in [0.15, 0.2) is 40.6 Å². The lowest BCUT2D eigenvalue weighted by molar-refractivity contribution is 0.100. The highest BCUT2D eigenvalue weighted by atomic mass is 35.5. The number of benzene rings is 1. The van der Waals surface area contributed by atoms with Gasteiger partial charge in [-0.3, -0.25) is 15.0 Å². The molecule has 0 aliphatic carbocycles. The number of para-hydroxylation sites is 1. The molecule has 0 saturated carbocycles. The fourth-order valence-corrected chi connectivity index (χ4v) is 3.81. The van der Waals surface area contributed by atoms with Crippen molar-refractivity contribution in [3.05, 3.63) is 78.9 Å². The number of nitrogens with two attached hydrogens (primary N) is 1. The van der Waals surface area contributed by atoms with E-state index in [1.165, 1.54) is 17.5 Å². The summed E-state index contributed by atoms with van der Waals surface area (Å²) in [4.78, 5) is 26.1. The van der Waals surface area contributed by atoms with Crippen molar-refractivity contribution < 1.29 is 18.3 Å². The number of morpholine rings is 1. The quantitative estimate of drug-likeness (QED) is 0.346. The van der Waals surface area contributed by atoms with Gasteiger partial charge in [0, 0.05) is 30.2 Å². The molecule has 1 amide bonds. The molecule has 0 spiro atoms. The van der Waals surface area contributed by atoms with E-state index in [-0.39, 0.29) is 32.4 Å². The SMILES string of the molecule is C1COCCN1.N=C(c1csc(C(N)=O)c1)c1c(Nc2c(F)cccc2F)c(Cl)c[nH]c1=O. The minimum atomic E-state index is -0.893. The molecule has 3 heterocycles. The van der Waals surface area contributed by atoms with Gasteiger partial charge in [-0.05, 0) is 18.2 Å². The number of primary amides is 1. The molecule has 6 N–H and O–H groups in total. The molecule has 8 nitrogen and oxygen atoms in total. The maximum absolute atomic E-state index is 14.0. The monoisotopic (exact) mass is 495 g/mol. The second-order valence-electron chi connectivity index (χ2n) is 6.74. The van der Waals surface area contributed by atoms with Gasteiger partial charge < -0.3 is 26.1 Å². The predicted molar refractivity (Wildman–Crippen MR) is 124 cm³/mol. The molecule has 0 unspecified atom stereocenters. The lowest BCUT2D eigenvalue weighted by Crippen LogP contribution is -2.30. The smallest absolute Gasteiger partial charge is 0.259 e. The molecular weight excluding hydrogens is 476 g/mol. The Balaban J connectivity index is 0.000000442. The molecule has 33 heavy (non-hydrogen) atoms. The second kappa shape index (κ2) is 11.1. The lowest BCUT2D eigenvalue weighted by Gasteiger charge is -2.14. The zero-order valence-corrected chi connectivity index (χ0v) is 18.7. The van der Waals surface area contributed by atoms with Crippen LogP contribution in [-0.4, -0.2) is 42.9 Å². The van der Waals surface area contributed by atoms with E-state index in [4.69, 9.17) is 27.5 Å². The largest absolute Gasteiger partial charge is 0.379 e. The van der Waals surface area contributed by atoms with Crippen LogP contribution >= 0.6 is 22.9 Å². The molecule has 12 heteroatoms. The van der Waals surface area contributed by atoms with E-state index in [0.717, 1.165) is 56.0 Å². The van der Waals surface area contributed by atoms with Gasteiger partial charge in [-0.2, -0.15) is 0 Å². The Bertz CT molecular complexity index is 1200. The van der Waals surface area contributed by atoms with Crippen molar-refractivity contribution in [1.82, 2.24) is 10.3 Å². The molecule has 0 radical (unpaired) electrons. The zero-order chi connectivity index (χ0) is 24.0. The van der Waals surface area contributed by atoms with Gasteiger partial charge in [0.1, 0.15) is 17.3 Å². The molecule has 174 valence electrons. The first-order valence-corrected chi connectivity index (χ1v) is 10.9. The number of thiophene rings is 1. The molecule has 1 aliphatic heterocycles. The van der Waals surface area contributed by atoms with Crippen molar-refractivity contribution >= 4 is 45.9 Å². The molecule has 3 aromatic rings. The minimum absolute atomic E-state index is 0.0534.